The molecule has 1 fully saturated rings. The third-order valence-corrected chi connectivity index (χ3v) is 6.75. The number of rotatable bonds is 8. The predicted octanol–water partition coefficient (Wildman–Crippen LogP) is 8.04. The van der Waals surface area contributed by atoms with Gasteiger partial charge in [-0.2, -0.15) is 0 Å². The van der Waals surface area contributed by atoms with Crippen molar-refractivity contribution in [2.24, 2.45) is 0 Å². The molecule has 34 heavy (non-hydrogen) atoms. The van der Waals surface area contributed by atoms with Crippen molar-refractivity contribution in [3.05, 3.63) is 88.9 Å². The number of benzene rings is 3. The van der Waals surface area contributed by atoms with Crippen molar-refractivity contribution in [3.63, 3.8) is 0 Å². The third kappa shape index (κ3) is 5.92. The van der Waals surface area contributed by atoms with E-state index in [9.17, 15) is 4.79 Å². The second kappa shape index (κ2) is 11.0. The summed E-state index contributed by atoms with van der Waals surface area (Å²) in [6.45, 7) is 4.42. The largest absolute Gasteiger partial charge is 0.474 e. The molecule has 0 radical (unpaired) electrons. The van der Waals surface area contributed by atoms with Crippen LogP contribution in [0.25, 0.3) is 0 Å². The first-order chi connectivity index (χ1) is 16.5. The first-order valence-electron chi connectivity index (χ1n) is 11.9. The lowest BCUT2D eigenvalue weighted by Crippen LogP contribution is -2.25. The number of ether oxygens (including phenoxy) is 3. The summed E-state index contributed by atoms with van der Waals surface area (Å²) < 4.78 is 17.3. The Balaban J connectivity index is 1.49. The van der Waals surface area contributed by atoms with Gasteiger partial charge in [0.05, 0.1) is 6.61 Å². The van der Waals surface area contributed by atoms with Gasteiger partial charge in [-0.1, -0.05) is 62.1 Å². The van der Waals surface area contributed by atoms with E-state index in [1.54, 1.807) is 31.2 Å². The Hall–Kier alpha value is -2.98. The molecule has 0 amide bonds. The molecule has 1 aliphatic carbocycles. The molecular weight excluding hydrogens is 448 g/mol. The van der Waals surface area contributed by atoms with Gasteiger partial charge in [-0.05, 0) is 79.3 Å². The lowest BCUT2D eigenvalue weighted by atomic mass is 9.71. The minimum absolute atomic E-state index is 0.219. The van der Waals surface area contributed by atoms with Crippen molar-refractivity contribution in [1.82, 2.24) is 0 Å². The molecule has 3 aromatic rings. The highest BCUT2D eigenvalue weighted by molar-refractivity contribution is 6.30. The molecule has 0 aliphatic heterocycles. The van der Waals surface area contributed by atoms with E-state index in [4.69, 9.17) is 25.8 Å². The van der Waals surface area contributed by atoms with Gasteiger partial charge in [0.25, 0.3) is 0 Å². The molecule has 0 N–H and O–H groups in total. The maximum atomic E-state index is 12.7. The fourth-order valence-electron chi connectivity index (χ4n) is 4.51. The van der Waals surface area contributed by atoms with Crippen LogP contribution >= 0.6 is 11.6 Å². The molecule has 1 saturated carbocycles. The molecule has 3 aromatic carbocycles. The number of carbonyl (C=O) groups is 1. The maximum absolute atomic E-state index is 12.7. The van der Waals surface area contributed by atoms with Gasteiger partial charge >= 0.3 is 5.97 Å². The molecule has 0 heterocycles. The van der Waals surface area contributed by atoms with Gasteiger partial charge in [-0.3, -0.25) is 0 Å². The van der Waals surface area contributed by atoms with E-state index >= 15 is 0 Å². The summed E-state index contributed by atoms with van der Waals surface area (Å²) in [4.78, 5) is 12.7. The summed E-state index contributed by atoms with van der Waals surface area (Å²) in [5.74, 6) is 1.56. The summed E-state index contributed by atoms with van der Waals surface area (Å²) >= 11 is 5.93. The Morgan fingerprint density at radius 3 is 2.00 bits per heavy atom. The standard InChI is InChI=1S/C29H31ClO4/c1-3-32-28(31)27(21-7-13-24(14-8-21)33-25-17-11-23(30)12-18-25)34-26-15-9-22(10-16-26)29(2)19-5-4-6-20-29/h7-18,27H,3-6,19-20H2,1-2H3. The number of carbonyl (C=O) groups excluding carboxylic acids is 1. The van der Waals surface area contributed by atoms with Crippen molar-refractivity contribution in [1.29, 1.82) is 0 Å². The minimum Gasteiger partial charge on any atom is -0.474 e. The normalized spacial score (nSPS) is 15.9. The smallest absolute Gasteiger partial charge is 0.352 e. The van der Waals surface area contributed by atoms with Crippen molar-refractivity contribution in [3.8, 4) is 17.2 Å². The molecule has 5 heteroatoms. The van der Waals surface area contributed by atoms with Gasteiger partial charge in [0, 0.05) is 10.6 Å². The van der Waals surface area contributed by atoms with Gasteiger partial charge in [-0.25, -0.2) is 4.79 Å². The van der Waals surface area contributed by atoms with Crippen LogP contribution < -0.4 is 9.47 Å². The molecular formula is C29H31ClO4. The summed E-state index contributed by atoms with van der Waals surface area (Å²) in [5, 5.41) is 0.651. The zero-order valence-electron chi connectivity index (χ0n) is 19.8. The third-order valence-electron chi connectivity index (χ3n) is 6.50. The Morgan fingerprint density at radius 1 is 0.853 bits per heavy atom. The molecule has 0 spiro atoms. The lowest BCUT2D eigenvalue weighted by molar-refractivity contribution is -0.151. The minimum atomic E-state index is -0.861. The Bertz CT molecular complexity index is 1070. The van der Waals surface area contributed by atoms with Crippen LogP contribution in [0.3, 0.4) is 0 Å². The number of hydrogen-bond acceptors (Lipinski definition) is 4. The first kappa shape index (κ1) is 24.2. The fourth-order valence-corrected chi connectivity index (χ4v) is 4.64. The van der Waals surface area contributed by atoms with Crippen molar-refractivity contribution in [2.75, 3.05) is 6.61 Å². The summed E-state index contributed by atoms with van der Waals surface area (Å²) in [7, 11) is 0. The molecule has 178 valence electrons. The van der Waals surface area contributed by atoms with E-state index in [2.05, 4.69) is 19.1 Å². The van der Waals surface area contributed by atoms with Crippen LogP contribution in [-0.2, 0) is 14.9 Å². The van der Waals surface area contributed by atoms with E-state index in [0.717, 1.165) is 0 Å². The number of hydrogen-bond donors (Lipinski definition) is 0. The Morgan fingerprint density at radius 2 is 1.41 bits per heavy atom. The topological polar surface area (TPSA) is 44.8 Å². The van der Waals surface area contributed by atoms with Crippen LogP contribution in [0.2, 0.25) is 5.02 Å². The van der Waals surface area contributed by atoms with E-state index < -0.39 is 12.1 Å². The van der Waals surface area contributed by atoms with Crippen LogP contribution in [0.1, 0.15) is 63.2 Å². The van der Waals surface area contributed by atoms with Gasteiger partial charge in [0.15, 0.2) is 0 Å². The Kier molecular flexibility index (Phi) is 7.79. The van der Waals surface area contributed by atoms with Crippen molar-refractivity contribution < 1.29 is 19.0 Å². The van der Waals surface area contributed by atoms with E-state index in [1.165, 1.54) is 37.7 Å². The van der Waals surface area contributed by atoms with Crippen LogP contribution in [-0.4, -0.2) is 12.6 Å². The highest BCUT2D eigenvalue weighted by atomic mass is 35.5. The molecule has 1 aliphatic rings. The average molecular weight is 479 g/mol. The van der Waals surface area contributed by atoms with Gasteiger partial charge in [0.1, 0.15) is 17.2 Å². The van der Waals surface area contributed by atoms with Gasteiger partial charge in [0.2, 0.25) is 6.10 Å². The molecule has 0 aromatic heterocycles. The number of halogens is 1. The molecule has 0 bridgehead atoms. The van der Waals surface area contributed by atoms with Gasteiger partial charge in [-0.15, -0.1) is 0 Å². The van der Waals surface area contributed by atoms with E-state index in [-0.39, 0.29) is 12.0 Å². The zero-order valence-corrected chi connectivity index (χ0v) is 20.5. The summed E-state index contributed by atoms with van der Waals surface area (Å²) in [5.41, 5.74) is 2.25. The molecule has 4 nitrogen and oxygen atoms in total. The Labute approximate surface area is 206 Å². The van der Waals surface area contributed by atoms with Crippen LogP contribution in [0.5, 0.6) is 17.2 Å². The second-order valence-corrected chi connectivity index (χ2v) is 9.46. The van der Waals surface area contributed by atoms with Crippen LogP contribution in [0.15, 0.2) is 72.8 Å². The van der Waals surface area contributed by atoms with E-state index in [0.29, 0.717) is 27.8 Å². The predicted molar refractivity (Wildman–Crippen MR) is 135 cm³/mol. The van der Waals surface area contributed by atoms with E-state index in [1.807, 2.05) is 36.4 Å². The molecule has 1 unspecified atom stereocenters. The molecule has 1 atom stereocenters. The van der Waals surface area contributed by atoms with Crippen molar-refractivity contribution >= 4 is 17.6 Å². The highest BCUT2D eigenvalue weighted by Gasteiger charge is 2.29. The van der Waals surface area contributed by atoms with Crippen LogP contribution in [0.4, 0.5) is 0 Å². The average Bonchev–Trinajstić information content (AvgIpc) is 2.85. The lowest BCUT2D eigenvalue weighted by Gasteiger charge is -2.34. The fraction of sp³-hybridized carbons (Fsp3) is 0.345. The zero-order chi connectivity index (χ0) is 24.0. The molecule has 0 saturated heterocycles. The second-order valence-electron chi connectivity index (χ2n) is 9.02. The summed E-state index contributed by atoms with van der Waals surface area (Å²) in [6, 6.07) is 22.6. The highest BCUT2D eigenvalue weighted by Crippen LogP contribution is 2.39. The quantitative estimate of drug-likeness (QED) is 0.307. The monoisotopic (exact) mass is 478 g/mol. The van der Waals surface area contributed by atoms with Crippen LogP contribution in [0, 0.1) is 0 Å². The summed E-state index contributed by atoms with van der Waals surface area (Å²) in [6.07, 6.45) is 5.43. The molecule has 4 rings (SSSR count). The van der Waals surface area contributed by atoms with Gasteiger partial charge < -0.3 is 14.2 Å². The maximum Gasteiger partial charge on any atom is 0.352 e. The van der Waals surface area contributed by atoms with Crippen molar-refractivity contribution in [2.45, 2.75) is 57.5 Å². The first-order valence-corrected chi connectivity index (χ1v) is 12.3. The number of esters is 1. The SMILES string of the molecule is CCOC(=O)C(Oc1ccc(C2(C)CCCCC2)cc1)c1ccc(Oc2ccc(Cl)cc2)cc1.